The van der Waals surface area contributed by atoms with Crippen LogP contribution in [0.5, 0.6) is 0 Å². The summed E-state index contributed by atoms with van der Waals surface area (Å²) in [5.41, 5.74) is 0.402. The summed E-state index contributed by atoms with van der Waals surface area (Å²) in [6.07, 6.45) is -0.704. The number of rotatable bonds is 3. The maximum Gasteiger partial charge on any atom is 0.303 e. The molecule has 0 heterocycles. The van der Waals surface area contributed by atoms with Crippen LogP contribution in [0.4, 0.5) is 0 Å². The fourth-order valence-electron chi connectivity index (χ4n) is 0.649. The molecule has 3 heteroatoms. The minimum atomic E-state index is -0.704. The molecule has 0 aliphatic rings. The highest BCUT2D eigenvalue weighted by Gasteiger charge is 2.15. The lowest BCUT2D eigenvalue weighted by molar-refractivity contribution is -0.150. The lowest BCUT2D eigenvalue weighted by Crippen LogP contribution is -2.23. The Balaban J connectivity index is 4.03. The van der Waals surface area contributed by atoms with E-state index >= 15 is 0 Å². The van der Waals surface area contributed by atoms with E-state index in [9.17, 15) is 9.59 Å². The Morgan fingerprint density at radius 2 is 1.82 bits per heavy atom. The number of ketones is 1. The van der Waals surface area contributed by atoms with E-state index < -0.39 is 12.1 Å². The smallest absolute Gasteiger partial charge is 0.303 e. The van der Waals surface area contributed by atoms with Gasteiger partial charge >= 0.3 is 5.97 Å². The molecular formula is C8H12O3. The van der Waals surface area contributed by atoms with Gasteiger partial charge < -0.3 is 4.74 Å². The summed E-state index contributed by atoms with van der Waals surface area (Å²) < 4.78 is 4.62. The van der Waals surface area contributed by atoms with Crippen LogP contribution in [-0.4, -0.2) is 17.9 Å². The van der Waals surface area contributed by atoms with Gasteiger partial charge in [-0.1, -0.05) is 6.58 Å². The van der Waals surface area contributed by atoms with Crippen molar-refractivity contribution in [3.05, 3.63) is 12.2 Å². The number of carbonyl (C=O) groups excluding carboxylic acids is 2. The number of carbonyl (C=O) groups is 2. The van der Waals surface area contributed by atoms with E-state index in [0.29, 0.717) is 5.57 Å². The molecule has 0 aliphatic carbocycles. The minimum Gasteiger partial charge on any atom is -0.454 e. The van der Waals surface area contributed by atoms with Crippen molar-refractivity contribution in [1.82, 2.24) is 0 Å². The Morgan fingerprint density at radius 1 is 1.36 bits per heavy atom. The third-order valence-corrected chi connectivity index (χ3v) is 1.13. The molecule has 0 aliphatic heterocycles. The summed E-state index contributed by atoms with van der Waals surface area (Å²) >= 11 is 0. The lowest BCUT2D eigenvalue weighted by Gasteiger charge is -2.09. The van der Waals surface area contributed by atoms with Gasteiger partial charge in [0, 0.05) is 6.92 Å². The Hall–Kier alpha value is -1.12. The third kappa shape index (κ3) is 3.55. The molecule has 0 N–H and O–H groups in total. The van der Waals surface area contributed by atoms with E-state index in [1.807, 2.05) is 0 Å². The summed E-state index contributed by atoms with van der Waals surface area (Å²) in [7, 11) is 0. The first-order valence-electron chi connectivity index (χ1n) is 3.32. The van der Waals surface area contributed by atoms with Crippen LogP contribution in [0.25, 0.3) is 0 Å². The van der Waals surface area contributed by atoms with Crippen molar-refractivity contribution in [2.75, 3.05) is 0 Å². The van der Waals surface area contributed by atoms with Crippen LogP contribution in [-0.2, 0) is 14.3 Å². The Kier molecular flexibility index (Phi) is 3.51. The SMILES string of the molecule is C=C(C)C(=O)C(C)OC(C)=O. The molecule has 0 aromatic rings. The molecule has 0 amide bonds. The molecule has 0 saturated heterocycles. The molecule has 0 rings (SSSR count). The fraction of sp³-hybridized carbons (Fsp3) is 0.500. The van der Waals surface area contributed by atoms with Gasteiger partial charge in [-0.2, -0.15) is 0 Å². The summed E-state index contributed by atoms with van der Waals surface area (Å²) in [5, 5.41) is 0. The first kappa shape index (κ1) is 9.88. The van der Waals surface area contributed by atoms with Gasteiger partial charge in [-0.25, -0.2) is 0 Å². The Bertz CT molecular complexity index is 194. The maximum atomic E-state index is 11.0. The number of hydrogen-bond donors (Lipinski definition) is 0. The molecule has 11 heavy (non-hydrogen) atoms. The van der Waals surface area contributed by atoms with Gasteiger partial charge in [0.1, 0.15) is 0 Å². The van der Waals surface area contributed by atoms with E-state index in [0.717, 1.165) is 0 Å². The Morgan fingerprint density at radius 3 is 2.09 bits per heavy atom. The second kappa shape index (κ2) is 3.91. The number of esters is 1. The monoisotopic (exact) mass is 156 g/mol. The lowest BCUT2D eigenvalue weighted by atomic mass is 10.1. The molecule has 0 spiro atoms. The standard InChI is InChI=1S/C8H12O3/c1-5(2)8(10)6(3)11-7(4)9/h6H,1H2,2-4H3. The predicted octanol–water partition coefficient (Wildman–Crippen LogP) is 1.08. The van der Waals surface area contributed by atoms with E-state index in [-0.39, 0.29) is 5.78 Å². The Labute approximate surface area is 66.0 Å². The highest BCUT2D eigenvalue weighted by molar-refractivity contribution is 5.98. The molecule has 0 radical (unpaired) electrons. The van der Waals surface area contributed by atoms with Crippen LogP contribution in [0.3, 0.4) is 0 Å². The molecule has 0 aromatic heterocycles. The third-order valence-electron chi connectivity index (χ3n) is 1.13. The summed E-state index contributed by atoms with van der Waals surface area (Å²) in [6, 6.07) is 0. The normalized spacial score (nSPS) is 11.9. The van der Waals surface area contributed by atoms with Crippen LogP contribution in [0.2, 0.25) is 0 Å². The topological polar surface area (TPSA) is 43.4 Å². The fourth-order valence-corrected chi connectivity index (χ4v) is 0.649. The second-order valence-electron chi connectivity index (χ2n) is 2.40. The zero-order chi connectivity index (χ0) is 9.02. The van der Waals surface area contributed by atoms with Crippen LogP contribution >= 0.6 is 0 Å². The molecule has 0 bridgehead atoms. The highest BCUT2D eigenvalue weighted by atomic mass is 16.5. The van der Waals surface area contributed by atoms with Gasteiger partial charge in [0.05, 0.1) is 0 Å². The van der Waals surface area contributed by atoms with Crippen LogP contribution in [0, 0.1) is 0 Å². The van der Waals surface area contributed by atoms with E-state index in [4.69, 9.17) is 0 Å². The molecule has 1 unspecified atom stereocenters. The van der Waals surface area contributed by atoms with Crippen LogP contribution in [0.15, 0.2) is 12.2 Å². The molecule has 3 nitrogen and oxygen atoms in total. The molecule has 0 aromatic carbocycles. The van der Waals surface area contributed by atoms with Crippen molar-refractivity contribution in [2.24, 2.45) is 0 Å². The highest BCUT2D eigenvalue weighted by Crippen LogP contribution is 2.00. The average Bonchev–Trinajstić information content (AvgIpc) is 1.84. The predicted molar refractivity (Wildman–Crippen MR) is 41.0 cm³/mol. The summed E-state index contributed by atoms with van der Waals surface area (Å²) in [4.78, 5) is 21.4. The molecule has 1 atom stereocenters. The largest absolute Gasteiger partial charge is 0.454 e. The first-order valence-corrected chi connectivity index (χ1v) is 3.32. The zero-order valence-electron chi connectivity index (χ0n) is 7.01. The number of hydrogen-bond acceptors (Lipinski definition) is 3. The van der Waals surface area contributed by atoms with Gasteiger partial charge in [-0.3, -0.25) is 9.59 Å². The van der Waals surface area contributed by atoms with Crippen molar-refractivity contribution < 1.29 is 14.3 Å². The van der Waals surface area contributed by atoms with Crippen molar-refractivity contribution >= 4 is 11.8 Å². The quantitative estimate of drug-likeness (QED) is 0.453. The van der Waals surface area contributed by atoms with Gasteiger partial charge in [0.15, 0.2) is 11.9 Å². The van der Waals surface area contributed by atoms with Crippen LogP contribution < -0.4 is 0 Å². The molecule has 0 saturated carbocycles. The van der Waals surface area contributed by atoms with E-state index in [2.05, 4.69) is 11.3 Å². The molecular weight excluding hydrogens is 144 g/mol. The second-order valence-corrected chi connectivity index (χ2v) is 2.40. The van der Waals surface area contributed by atoms with E-state index in [1.165, 1.54) is 13.8 Å². The average molecular weight is 156 g/mol. The number of ether oxygens (including phenoxy) is 1. The first-order chi connectivity index (χ1) is 4.95. The van der Waals surface area contributed by atoms with Gasteiger partial charge in [0.25, 0.3) is 0 Å². The number of Topliss-reactive ketones (excluding diaryl/α,β-unsaturated/α-hetero) is 1. The summed E-state index contributed by atoms with van der Waals surface area (Å²) in [5.74, 6) is -0.688. The molecule has 0 fully saturated rings. The van der Waals surface area contributed by atoms with Gasteiger partial charge in [0.2, 0.25) is 0 Å². The van der Waals surface area contributed by atoms with Crippen LogP contribution in [0.1, 0.15) is 20.8 Å². The van der Waals surface area contributed by atoms with Crippen molar-refractivity contribution in [1.29, 1.82) is 0 Å². The van der Waals surface area contributed by atoms with E-state index in [1.54, 1.807) is 6.92 Å². The van der Waals surface area contributed by atoms with Crippen molar-refractivity contribution in [3.63, 3.8) is 0 Å². The van der Waals surface area contributed by atoms with Gasteiger partial charge in [-0.05, 0) is 19.4 Å². The molecule has 62 valence electrons. The van der Waals surface area contributed by atoms with Gasteiger partial charge in [-0.15, -0.1) is 0 Å². The minimum absolute atomic E-state index is 0.236. The maximum absolute atomic E-state index is 11.0. The van der Waals surface area contributed by atoms with Crippen molar-refractivity contribution in [2.45, 2.75) is 26.9 Å². The zero-order valence-corrected chi connectivity index (χ0v) is 7.01. The van der Waals surface area contributed by atoms with Crippen molar-refractivity contribution in [3.8, 4) is 0 Å². The summed E-state index contributed by atoms with van der Waals surface area (Å²) in [6.45, 7) is 7.82.